The number of hydrogen-bond donors (Lipinski definition) is 1. The Morgan fingerprint density at radius 1 is 1.29 bits per heavy atom. The standard InChI is InChI=1S/C14H25NO2/c1-5-6-7-8-9-10-13(17)15-12(11-16)14(2,3)4/h5,11-12H,1,6-10H2,2-4H3,(H,15,17)/t12-/m1/s1. The number of nitrogens with one attached hydrogen (secondary N) is 1. The third-order valence-corrected chi connectivity index (χ3v) is 2.70. The van der Waals surface area contributed by atoms with E-state index in [9.17, 15) is 9.59 Å². The van der Waals surface area contributed by atoms with Gasteiger partial charge in [0.05, 0.1) is 6.04 Å². The molecule has 0 saturated heterocycles. The topological polar surface area (TPSA) is 46.2 Å². The summed E-state index contributed by atoms with van der Waals surface area (Å²) in [6.07, 6.45) is 7.18. The van der Waals surface area contributed by atoms with Crippen molar-refractivity contribution in [2.24, 2.45) is 5.41 Å². The zero-order chi connectivity index (χ0) is 13.3. The number of carbonyl (C=O) groups excluding carboxylic acids is 2. The number of aldehydes is 1. The fourth-order valence-corrected chi connectivity index (χ4v) is 1.45. The molecule has 0 aromatic rings. The average Bonchev–Trinajstić information content (AvgIpc) is 2.24. The molecule has 0 aromatic carbocycles. The van der Waals surface area contributed by atoms with Gasteiger partial charge in [-0.05, 0) is 24.7 Å². The number of amides is 1. The van der Waals surface area contributed by atoms with Gasteiger partial charge in [-0.1, -0.05) is 33.3 Å². The van der Waals surface area contributed by atoms with E-state index < -0.39 is 6.04 Å². The number of carbonyl (C=O) groups is 2. The Morgan fingerprint density at radius 2 is 1.94 bits per heavy atom. The highest BCUT2D eigenvalue weighted by Gasteiger charge is 2.25. The van der Waals surface area contributed by atoms with Crippen molar-refractivity contribution in [3.8, 4) is 0 Å². The Balaban J connectivity index is 3.84. The molecule has 0 bridgehead atoms. The number of hydrogen-bond acceptors (Lipinski definition) is 2. The van der Waals surface area contributed by atoms with Crippen LogP contribution in [0.1, 0.15) is 52.9 Å². The van der Waals surface area contributed by atoms with Crippen LogP contribution in [0.15, 0.2) is 12.7 Å². The van der Waals surface area contributed by atoms with Crippen LogP contribution in [0, 0.1) is 5.41 Å². The van der Waals surface area contributed by atoms with E-state index >= 15 is 0 Å². The molecule has 1 atom stereocenters. The molecule has 0 aliphatic heterocycles. The summed E-state index contributed by atoms with van der Waals surface area (Å²) in [5.41, 5.74) is -0.222. The van der Waals surface area contributed by atoms with Crippen LogP contribution in [0.5, 0.6) is 0 Å². The summed E-state index contributed by atoms with van der Waals surface area (Å²) in [7, 11) is 0. The van der Waals surface area contributed by atoms with Gasteiger partial charge >= 0.3 is 0 Å². The lowest BCUT2D eigenvalue weighted by atomic mass is 9.87. The monoisotopic (exact) mass is 239 g/mol. The highest BCUT2D eigenvalue weighted by atomic mass is 16.2. The molecule has 1 N–H and O–H groups in total. The molecule has 3 nitrogen and oxygen atoms in total. The molecule has 17 heavy (non-hydrogen) atoms. The normalized spacial score (nSPS) is 12.9. The fourth-order valence-electron chi connectivity index (χ4n) is 1.45. The van der Waals surface area contributed by atoms with E-state index in [1.165, 1.54) is 0 Å². The van der Waals surface area contributed by atoms with Crippen molar-refractivity contribution in [1.29, 1.82) is 0 Å². The summed E-state index contributed by atoms with van der Waals surface area (Å²) in [6, 6.07) is -0.400. The van der Waals surface area contributed by atoms with Crippen LogP contribution in [0.25, 0.3) is 0 Å². The second-order valence-corrected chi connectivity index (χ2v) is 5.44. The Labute approximate surface area is 105 Å². The number of rotatable bonds is 8. The first-order chi connectivity index (χ1) is 7.91. The summed E-state index contributed by atoms with van der Waals surface area (Å²) in [4.78, 5) is 22.5. The van der Waals surface area contributed by atoms with E-state index in [0.717, 1.165) is 32.0 Å². The van der Waals surface area contributed by atoms with Crippen molar-refractivity contribution in [3.05, 3.63) is 12.7 Å². The van der Waals surface area contributed by atoms with Gasteiger partial charge in [0.2, 0.25) is 5.91 Å². The van der Waals surface area contributed by atoms with E-state index in [1.54, 1.807) is 0 Å². The maximum Gasteiger partial charge on any atom is 0.220 e. The minimum absolute atomic E-state index is 0.0318. The van der Waals surface area contributed by atoms with E-state index in [1.807, 2.05) is 26.8 Å². The van der Waals surface area contributed by atoms with E-state index in [2.05, 4.69) is 11.9 Å². The first kappa shape index (κ1) is 15.9. The lowest BCUT2D eigenvalue weighted by Crippen LogP contribution is -2.44. The molecular weight excluding hydrogens is 214 g/mol. The minimum Gasteiger partial charge on any atom is -0.346 e. The molecule has 0 heterocycles. The van der Waals surface area contributed by atoms with Crippen LogP contribution in [-0.2, 0) is 9.59 Å². The van der Waals surface area contributed by atoms with Gasteiger partial charge in [0.15, 0.2) is 0 Å². The Kier molecular flexibility index (Phi) is 7.51. The van der Waals surface area contributed by atoms with Crippen molar-refractivity contribution in [3.63, 3.8) is 0 Å². The molecule has 0 radical (unpaired) electrons. The summed E-state index contributed by atoms with van der Waals surface area (Å²) in [6.45, 7) is 9.48. The molecule has 3 heteroatoms. The largest absolute Gasteiger partial charge is 0.346 e. The van der Waals surface area contributed by atoms with Crippen molar-refractivity contribution in [1.82, 2.24) is 5.32 Å². The first-order valence-electron chi connectivity index (χ1n) is 6.27. The SMILES string of the molecule is C=CCCCCCC(=O)N[C@H](C=O)C(C)(C)C. The van der Waals surface area contributed by atoms with Crippen molar-refractivity contribution in [2.75, 3.05) is 0 Å². The van der Waals surface area contributed by atoms with Gasteiger partial charge in [0, 0.05) is 6.42 Å². The molecule has 0 spiro atoms. The lowest BCUT2D eigenvalue weighted by molar-refractivity contribution is -0.125. The molecule has 0 aliphatic rings. The highest BCUT2D eigenvalue weighted by Crippen LogP contribution is 2.17. The second kappa shape index (κ2) is 8.04. The second-order valence-electron chi connectivity index (χ2n) is 5.44. The molecule has 1 amide bonds. The van der Waals surface area contributed by atoms with Crippen molar-refractivity contribution >= 4 is 12.2 Å². The van der Waals surface area contributed by atoms with Gasteiger partial charge in [-0.3, -0.25) is 4.79 Å². The Hall–Kier alpha value is -1.12. The predicted octanol–water partition coefficient (Wildman–Crippen LogP) is 2.85. The van der Waals surface area contributed by atoms with Crippen LogP contribution < -0.4 is 5.32 Å². The zero-order valence-electron chi connectivity index (χ0n) is 11.3. The predicted molar refractivity (Wildman–Crippen MR) is 70.7 cm³/mol. The van der Waals surface area contributed by atoms with Gasteiger partial charge < -0.3 is 10.1 Å². The summed E-state index contributed by atoms with van der Waals surface area (Å²) in [5.74, 6) is -0.0318. The molecule has 0 rings (SSSR count). The summed E-state index contributed by atoms with van der Waals surface area (Å²) >= 11 is 0. The molecule has 0 fully saturated rings. The quantitative estimate of drug-likeness (QED) is 0.402. The van der Waals surface area contributed by atoms with E-state index in [-0.39, 0.29) is 11.3 Å². The zero-order valence-corrected chi connectivity index (χ0v) is 11.3. The van der Waals surface area contributed by atoms with Crippen LogP contribution in [0.2, 0.25) is 0 Å². The lowest BCUT2D eigenvalue weighted by Gasteiger charge is -2.26. The van der Waals surface area contributed by atoms with E-state index in [4.69, 9.17) is 0 Å². The minimum atomic E-state index is -0.400. The highest BCUT2D eigenvalue weighted by molar-refractivity contribution is 5.79. The van der Waals surface area contributed by atoms with Crippen LogP contribution in [-0.4, -0.2) is 18.2 Å². The number of unbranched alkanes of at least 4 members (excludes halogenated alkanes) is 3. The van der Waals surface area contributed by atoms with Crippen LogP contribution in [0.4, 0.5) is 0 Å². The smallest absolute Gasteiger partial charge is 0.220 e. The molecule has 98 valence electrons. The Morgan fingerprint density at radius 3 is 2.41 bits per heavy atom. The van der Waals surface area contributed by atoms with Gasteiger partial charge in [-0.25, -0.2) is 0 Å². The number of allylic oxidation sites excluding steroid dienone is 1. The molecular formula is C14H25NO2. The maximum absolute atomic E-state index is 11.6. The van der Waals surface area contributed by atoms with Gasteiger partial charge in [0.25, 0.3) is 0 Å². The van der Waals surface area contributed by atoms with Gasteiger partial charge in [-0.15, -0.1) is 6.58 Å². The van der Waals surface area contributed by atoms with Crippen LogP contribution >= 0.6 is 0 Å². The van der Waals surface area contributed by atoms with Gasteiger partial charge in [-0.2, -0.15) is 0 Å². The summed E-state index contributed by atoms with van der Waals surface area (Å²) < 4.78 is 0. The van der Waals surface area contributed by atoms with Gasteiger partial charge in [0.1, 0.15) is 6.29 Å². The van der Waals surface area contributed by atoms with Crippen molar-refractivity contribution in [2.45, 2.75) is 58.9 Å². The molecule has 0 unspecified atom stereocenters. The van der Waals surface area contributed by atoms with E-state index in [0.29, 0.717) is 6.42 Å². The maximum atomic E-state index is 11.6. The molecule has 0 saturated carbocycles. The third-order valence-electron chi connectivity index (χ3n) is 2.70. The fraction of sp³-hybridized carbons (Fsp3) is 0.714. The molecule has 0 aliphatic carbocycles. The first-order valence-corrected chi connectivity index (χ1v) is 6.27. The Bertz CT molecular complexity index is 253. The van der Waals surface area contributed by atoms with Crippen LogP contribution in [0.3, 0.4) is 0 Å². The molecule has 0 aromatic heterocycles. The van der Waals surface area contributed by atoms with Crippen molar-refractivity contribution < 1.29 is 9.59 Å². The summed E-state index contributed by atoms with van der Waals surface area (Å²) in [5, 5.41) is 2.77. The average molecular weight is 239 g/mol. The third kappa shape index (κ3) is 7.72.